The predicted octanol–water partition coefficient (Wildman–Crippen LogP) is 1.51. The third-order valence-corrected chi connectivity index (χ3v) is 3.41. The minimum Gasteiger partial charge on any atom is -0.383 e. The zero-order chi connectivity index (χ0) is 17.6. The van der Waals surface area contributed by atoms with Crippen LogP contribution in [0.2, 0.25) is 0 Å². The van der Waals surface area contributed by atoms with Crippen LogP contribution in [0.4, 0.5) is 17.3 Å². The van der Waals surface area contributed by atoms with Crippen LogP contribution in [0.5, 0.6) is 0 Å². The van der Waals surface area contributed by atoms with Gasteiger partial charge in [0.2, 0.25) is 11.5 Å². The summed E-state index contributed by atoms with van der Waals surface area (Å²) in [4.78, 5) is 26.6. The van der Waals surface area contributed by atoms with Gasteiger partial charge in [0.05, 0.1) is 34.8 Å². The molecule has 0 aliphatic rings. The lowest BCUT2D eigenvalue weighted by Crippen LogP contribution is -2.10. The number of nitrogens with zero attached hydrogens (tertiary/aromatic N) is 4. The molecule has 0 aliphatic carbocycles. The van der Waals surface area contributed by atoms with E-state index in [9.17, 15) is 4.79 Å². The topological polar surface area (TPSA) is 145 Å². The van der Waals surface area contributed by atoms with Gasteiger partial charge in [0.25, 0.3) is 0 Å². The minimum absolute atomic E-state index is 0. The Morgan fingerprint density at radius 2 is 2.12 bits per heavy atom. The fourth-order valence-electron chi connectivity index (χ4n) is 2.22. The number of nitrogens with two attached hydrogens (primary N) is 1. The highest BCUT2D eigenvalue weighted by Crippen LogP contribution is 2.20. The molecular weight excluding hydrogens is 356 g/mol. The molecule has 3 rings (SSSR count). The molecule has 0 saturated heterocycles. The summed E-state index contributed by atoms with van der Waals surface area (Å²) < 4.78 is 0. The van der Waals surface area contributed by atoms with Crippen LogP contribution >= 0.6 is 12.4 Å². The fourth-order valence-corrected chi connectivity index (χ4v) is 2.22. The van der Waals surface area contributed by atoms with E-state index in [0.717, 1.165) is 6.42 Å². The highest BCUT2D eigenvalue weighted by Gasteiger charge is 2.07. The SMILES string of the molecule is Cl.N#Cc1ncc(Nc2ncc3[nH]c(=O)ccc3n2)cc1NCCCN. The highest BCUT2D eigenvalue weighted by molar-refractivity contribution is 5.85. The van der Waals surface area contributed by atoms with Gasteiger partial charge in [0, 0.05) is 12.6 Å². The molecular formula is C16H17ClN8O. The minimum atomic E-state index is -0.207. The maximum atomic E-state index is 11.3. The molecule has 0 aliphatic heterocycles. The van der Waals surface area contributed by atoms with Gasteiger partial charge in [-0.1, -0.05) is 0 Å². The number of H-pyrrole nitrogens is 1. The summed E-state index contributed by atoms with van der Waals surface area (Å²) in [5.41, 5.74) is 8.00. The average Bonchev–Trinajstić information content (AvgIpc) is 2.62. The third-order valence-electron chi connectivity index (χ3n) is 3.41. The van der Waals surface area contributed by atoms with Crippen molar-refractivity contribution < 1.29 is 0 Å². The van der Waals surface area contributed by atoms with E-state index in [0.29, 0.717) is 47.1 Å². The summed E-state index contributed by atoms with van der Waals surface area (Å²) in [5.74, 6) is 0.360. The van der Waals surface area contributed by atoms with Gasteiger partial charge in [-0.05, 0) is 25.1 Å². The molecule has 0 fully saturated rings. The Morgan fingerprint density at radius 3 is 2.88 bits per heavy atom. The van der Waals surface area contributed by atoms with Gasteiger partial charge in [0.15, 0.2) is 5.69 Å². The molecule has 0 unspecified atom stereocenters. The maximum absolute atomic E-state index is 11.3. The zero-order valence-corrected chi connectivity index (χ0v) is 14.5. The molecule has 5 N–H and O–H groups in total. The quantitative estimate of drug-likeness (QED) is 0.476. The van der Waals surface area contributed by atoms with E-state index in [4.69, 9.17) is 11.0 Å². The molecule has 0 spiro atoms. The second kappa shape index (κ2) is 8.75. The Hall–Kier alpha value is -3.22. The summed E-state index contributed by atoms with van der Waals surface area (Å²) in [5, 5.41) is 15.3. The number of anilines is 3. The van der Waals surface area contributed by atoms with E-state index >= 15 is 0 Å². The summed E-state index contributed by atoms with van der Waals surface area (Å²) >= 11 is 0. The number of hydrogen-bond acceptors (Lipinski definition) is 8. The number of fused-ring (bicyclic) bond motifs is 1. The van der Waals surface area contributed by atoms with Crippen LogP contribution in [-0.4, -0.2) is 33.0 Å². The van der Waals surface area contributed by atoms with Crippen LogP contribution in [-0.2, 0) is 0 Å². The lowest BCUT2D eigenvalue weighted by Gasteiger charge is -2.10. The van der Waals surface area contributed by atoms with E-state index in [-0.39, 0.29) is 18.0 Å². The van der Waals surface area contributed by atoms with Crippen molar-refractivity contribution in [1.82, 2.24) is 19.9 Å². The Labute approximate surface area is 155 Å². The molecule has 3 aromatic rings. The van der Waals surface area contributed by atoms with Crippen molar-refractivity contribution in [2.24, 2.45) is 5.73 Å². The molecule has 0 atom stereocenters. The van der Waals surface area contributed by atoms with Gasteiger partial charge in [-0.2, -0.15) is 5.26 Å². The van der Waals surface area contributed by atoms with Gasteiger partial charge in [-0.3, -0.25) is 4.79 Å². The number of pyridine rings is 2. The lowest BCUT2D eigenvalue weighted by molar-refractivity contribution is 0.873. The molecule has 0 aromatic carbocycles. The largest absolute Gasteiger partial charge is 0.383 e. The number of halogens is 1. The van der Waals surface area contributed by atoms with Gasteiger partial charge in [0.1, 0.15) is 6.07 Å². The Morgan fingerprint density at radius 1 is 1.27 bits per heavy atom. The summed E-state index contributed by atoms with van der Waals surface area (Å²) in [6.45, 7) is 1.21. The van der Waals surface area contributed by atoms with Crippen molar-refractivity contribution in [2.75, 3.05) is 23.7 Å². The lowest BCUT2D eigenvalue weighted by atomic mass is 10.2. The van der Waals surface area contributed by atoms with Crippen LogP contribution < -0.4 is 21.9 Å². The number of nitriles is 1. The van der Waals surface area contributed by atoms with Crippen LogP contribution in [0.15, 0.2) is 35.4 Å². The first-order valence-corrected chi connectivity index (χ1v) is 7.67. The van der Waals surface area contributed by atoms with E-state index in [1.165, 1.54) is 18.5 Å². The van der Waals surface area contributed by atoms with Crippen LogP contribution in [0.3, 0.4) is 0 Å². The first kappa shape index (κ1) is 19.1. The number of aromatic amines is 1. The van der Waals surface area contributed by atoms with Crippen molar-refractivity contribution in [2.45, 2.75) is 6.42 Å². The fraction of sp³-hybridized carbons (Fsp3) is 0.188. The van der Waals surface area contributed by atoms with Crippen LogP contribution in [0.25, 0.3) is 11.0 Å². The molecule has 9 nitrogen and oxygen atoms in total. The van der Waals surface area contributed by atoms with Crippen LogP contribution in [0, 0.1) is 11.3 Å². The Balaban J connectivity index is 0.00000243. The zero-order valence-electron chi connectivity index (χ0n) is 13.7. The first-order chi connectivity index (χ1) is 12.2. The molecule has 134 valence electrons. The second-order valence-corrected chi connectivity index (χ2v) is 5.24. The standard InChI is InChI=1S/C16H16N8O.ClH/c17-4-1-5-19-12-6-10(8-20-13(12)7-18)22-16-21-9-14-11(24-16)2-3-15(25)23-14;/h2-3,6,8-9,19H,1,4-5,17H2,(H,23,25)(H,21,22,24);1H. The monoisotopic (exact) mass is 372 g/mol. The maximum Gasteiger partial charge on any atom is 0.248 e. The van der Waals surface area contributed by atoms with Crippen LogP contribution in [0.1, 0.15) is 12.1 Å². The molecule has 10 heteroatoms. The average molecular weight is 373 g/mol. The summed E-state index contributed by atoms with van der Waals surface area (Å²) in [6, 6.07) is 6.84. The third kappa shape index (κ3) is 4.44. The van der Waals surface area contributed by atoms with Crippen molar-refractivity contribution in [3.63, 3.8) is 0 Å². The molecule has 3 aromatic heterocycles. The first-order valence-electron chi connectivity index (χ1n) is 7.67. The highest BCUT2D eigenvalue weighted by atomic mass is 35.5. The van der Waals surface area contributed by atoms with E-state index < -0.39 is 0 Å². The number of nitrogens with one attached hydrogen (secondary N) is 3. The second-order valence-electron chi connectivity index (χ2n) is 5.24. The molecule has 0 amide bonds. The van der Waals surface area contributed by atoms with Crippen molar-refractivity contribution in [3.8, 4) is 6.07 Å². The smallest absolute Gasteiger partial charge is 0.248 e. The van der Waals surface area contributed by atoms with E-state index in [2.05, 4.69) is 30.6 Å². The summed E-state index contributed by atoms with van der Waals surface area (Å²) in [7, 11) is 0. The molecule has 3 heterocycles. The van der Waals surface area contributed by atoms with Crippen molar-refractivity contribution in [3.05, 3.63) is 46.6 Å². The van der Waals surface area contributed by atoms with Gasteiger partial charge >= 0.3 is 0 Å². The van der Waals surface area contributed by atoms with Gasteiger partial charge in [-0.15, -0.1) is 12.4 Å². The summed E-state index contributed by atoms with van der Waals surface area (Å²) in [6.07, 6.45) is 3.85. The molecule has 26 heavy (non-hydrogen) atoms. The van der Waals surface area contributed by atoms with Crippen molar-refractivity contribution >= 4 is 40.8 Å². The Kier molecular flexibility index (Phi) is 6.43. The predicted molar refractivity (Wildman–Crippen MR) is 102 cm³/mol. The normalized spacial score (nSPS) is 10.0. The Bertz CT molecular complexity index is 997. The molecule has 0 saturated carbocycles. The number of hydrogen-bond donors (Lipinski definition) is 4. The van der Waals surface area contributed by atoms with Gasteiger partial charge < -0.3 is 21.4 Å². The van der Waals surface area contributed by atoms with Crippen molar-refractivity contribution in [1.29, 1.82) is 5.26 Å². The van der Waals surface area contributed by atoms with Gasteiger partial charge in [-0.25, -0.2) is 15.0 Å². The number of aromatic nitrogens is 4. The number of rotatable bonds is 6. The molecule has 0 radical (unpaired) electrons. The van der Waals surface area contributed by atoms with E-state index in [1.807, 2.05) is 6.07 Å². The molecule has 0 bridgehead atoms. The van der Waals surface area contributed by atoms with E-state index in [1.54, 1.807) is 12.1 Å².